The van der Waals surface area contributed by atoms with Gasteiger partial charge in [0, 0.05) is 28.7 Å². The maximum absolute atomic E-state index is 12.8. The fraction of sp³-hybridized carbons (Fsp3) is 0.400. The fourth-order valence-corrected chi connectivity index (χ4v) is 4.50. The molecule has 2 aromatic carbocycles. The van der Waals surface area contributed by atoms with Crippen LogP contribution in [0.25, 0.3) is 22.2 Å². The van der Waals surface area contributed by atoms with Gasteiger partial charge in [0.1, 0.15) is 11.9 Å². The number of anilines is 2. The van der Waals surface area contributed by atoms with Gasteiger partial charge in [-0.3, -0.25) is 5.32 Å². The van der Waals surface area contributed by atoms with Crippen molar-refractivity contribution >= 4 is 28.4 Å². The molecular formula is C25H27F2N3O3. The fourth-order valence-electron chi connectivity index (χ4n) is 4.50. The average Bonchev–Trinajstić information content (AvgIpc) is 3.54. The molecule has 1 heterocycles. The molecule has 1 amide bonds. The number of carbonyl (C=O) groups excluding carboxylic acids is 1. The Morgan fingerprint density at radius 1 is 1.12 bits per heavy atom. The number of fused-ring (bicyclic) bond motifs is 1. The van der Waals surface area contributed by atoms with E-state index in [4.69, 9.17) is 10.5 Å². The highest BCUT2D eigenvalue weighted by Crippen LogP contribution is 2.45. The van der Waals surface area contributed by atoms with Gasteiger partial charge in [0.25, 0.3) is 0 Å². The molecule has 2 saturated carbocycles. The van der Waals surface area contributed by atoms with Crippen LogP contribution in [0.4, 0.5) is 25.0 Å². The van der Waals surface area contributed by atoms with Crippen LogP contribution in [-0.4, -0.2) is 23.4 Å². The molecule has 5 rings (SSSR count). The molecule has 1 aromatic heterocycles. The summed E-state index contributed by atoms with van der Waals surface area (Å²) < 4.78 is 37.7. The third-order valence-electron chi connectivity index (χ3n) is 6.66. The van der Waals surface area contributed by atoms with Crippen LogP contribution in [0.3, 0.4) is 0 Å². The summed E-state index contributed by atoms with van der Waals surface area (Å²) in [5, 5.41) is 3.58. The lowest BCUT2D eigenvalue weighted by Crippen LogP contribution is -2.21. The molecule has 2 aliphatic rings. The zero-order valence-corrected chi connectivity index (χ0v) is 18.4. The maximum atomic E-state index is 12.8. The second kappa shape index (κ2) is 8.57. The lowest BCUT2D eigenvalue weighted by molar-refractivity contribution is -0.0497. The number of nitrogens with one attached hydrogen (secondary N) is 1. The number of rotatable bonds is 7. The van der Waals surface area contributed by atoms with Crippen molar-refractivity contribution in [3.8, 4) is 17.0 Å². The average molecular weight is 456 g/mol. The second-order valence-corrected chi connectivity index (χ2v) is 8.92. The minimum Gasteiger partial charge on any atom is -0.446 e. The highest BCUT2D eigenvalue weighted by Gasteiger charge is 2.31. The van der Waals surface area contributed by atoms with Crippen LogP contribution >= 0.6 is 0 Å². The van der Waals surface area contributed by atoms with Gasteiger partial charge >= 0.3 is 12.7 Å². The van der Waals surface area contributed by atoms with E-state index in [1.54, 1.807) is 12.1 Å². The molecule has 0 bridgehead atoms. The van der Waals surface area contributed by atoms with E-state index in [-0.39, 0.29) is 17.9 Å². The van der Waals surface area contributed by atoms with Gasteiger partial charge in [-0.25, -0.2) is 4.79 Å². The predicted octanol–water partition coefficient (Wildman–Crippen LogP) is 6.56. The summed E-state index contributed by atoms with van der Waals surface area (Å²) in [7, 11) is 0. The van der Waals surface area contributed by atoms with Gasteiger partial charge in [0.2, 0.25) is 0 Å². The van der Waals surface area contributed by atoms with E-state index < -0.39 is 12.7 Å². The van der Waals surface area contributed by atoms with E-state index >= 15 is 0 Å². The molecule has 0 unspecified atom stereocenters. The standard InChI is InChI=1S/C25H27F2N3O3/c1-14(15-5-6-15)32-25(31)29-17-9-7-16(8-10-17)23-22(28)20-12-11-19(33-24(26)27)13-21(20)30(23)18-3-2-4-18/h7-15,18,24H,2-6,28H2,1H3,(H,29,31)/t14-/m1/s1. The first-order chi connectivity index (χ1) is 15.9. The van der Waals surface area contributed by atoms with Crippen molar-refractivity contribution in [2.45, 2.75) is 57.8 Å². The van der Waals surface area contributed by atoms with E-state index in [0.29, 0.717) is 17.3 Å². The highest BCUT2D eigenvalue weighted by molar-refractivity contribution is 6.01. The second-order valence-electron chi connectivity index (χ2n) is 8.92. The smallest absolute Gasteiger partial charge is 0.411 e. The van der Waals surface area contributed by atoms with Crippen molar-refractivity contribution in [1.29, 1.82) is 0 Å². The maximum Gasteiger partial charge on any atom is 0.411 e. The van der Waals surface area contributed by atoms with Gasteiger partial charge in [-0.15, -0.1) is 0 Å². The van der Waals surface area contributed by atoms with Crippen LogP contribution in [0.1, 0.15) is 45.1 Å². The Balaban J connectivity index is 1.44. The molecule has 1 atom stereocenters. The molecule has 2 aliphatic carbocycles. The van der Waals surface area contributed by atoms with Crippen LogP contribution < -0.4 is 15.8 Å². The molecule has 174 valence electrons. The Kier molecular flexibility index (Phi) is 5.60. The van der Waals surface area contributed by atoms with Crippen LogP contribution in [0, 0.1) is 5.92 Å². The largest absolute Gasteiger partial charge is 0.446 e. The molecule has 3 aromatic rings. The van der Waals surface area contributed by atoms with Gasteiger partial charge in [0.05, 0.1) is 16.9 Å². The number of ether oxygens (including phenoxy) is 2. The van der Waals surface area contributed by atoms with E-state index in [1.165, 1.54) is 6.07 Å². The lowest BCUT2D eigenvalue weighted by atomic mass is 9.92. The zero-order valence-electron chi connectivity index (χ0n) is 18.4. The van der Waals surface area contributed by atoms with Gasteiger partial charge in [0.15, 0.2) is 0 Å². The monoisotopic (exact) mass is 455 g/mol. The number of nitrogens with two attached hydrogens (primary N) is 1. The predicted molar refractivity (Wildman–Crippen MR) is 124 cm³/mol. The lowest BCUT2D eigenvalue weighted by Gasteiger charge is -2.30. The number of aromatic nitrogens is 1. The summed E-state index contributed by atoms with van der Waals surface area (Å²) in [4.78, 5) is 12.2. The Morgan fingerprint density at radius 3 is 2.45 bits per heavy atom. The van der Waals surface area contributed by atoms with Gasteiger partial charge in [-0.05, 0) is 69.2 Å². The summed E-state index contributed by atoms with van der Waals surface area (Å²) in [5.41, 5.74) is 10.3. The number of hydrogen-bond acceptors (Lipinski definition) is 4. The molecule has 0 radical (unpaired) electrons. The summed E-state index contributed by atoms with van der Waals surface area (Å²) in [6, 6.07) is 12.5. The first kappa shape index (κ1) is 21.6. The highest BCUT2D eigenvalue weighted by atomic mass is 19.3. The number of carbonyl (C=O) groups is 1. The van der Waals surface area contributed by atoms with Gasteiger partial charge in [-0.2, -0.15) is 8.78 Å². The topological polar surface area (TPSA) is 78.5 Å². The molecule has 3 N–H and O–H groups in total. The first-order valence-electron chi connectivity index (χ1n) is 11.4. The molecule has 0 aliphatic heterocycles. The summed E-state index contributed by atoms with van der Waals surface area (Å²) >= 11 is 0. The quantitative estimate of drug-likeness (QED) is 0.423. The Hall–Kier alpha value is -3.29. The number of nitrogen functional groups attached to an aromatic ring is 1. The zero-order chi connectivity index (χ0) is 23.1. The molecule has 0 spiro atoms. The van der Waals surface area contributed by atoms with Crippen molar-refractivity contribution < 1.29 is 23.0 Å². The summed E-state index contributed by atoms with van der Waals surface area (Å²) in [5.74, 6) is 0.585. The molecule has 6 nitrogen and oxygen atoms in total. The van der Waals surface area contributed by atoms with Crippen molar-refractivity contribution in [2.24, 2.45) is 5.92 Å². The third-order valence-corrected chi connectivity index (χ3v) is 6.66. The van der Waals surface area contributed by atoms with E-state index in [1.807, 2.05) is 31.2 Å². The Bertz CT molecular complexity index is 1170. The number of nitrogens with zero attached hydrogens (tertiary/aromatic N) is 1. The Labute approximate surface area is 190 Å². The summed E-state index contributed by atoms with van der Waals surface area (Å²) in [6.07, 6.45) is 4.78. The van der Waals surface area contributed by atoms with E-state index in [9.17, 15) is 13.6 Å². The number of hydrogen-bond donors (Lipinski definition) is 2. The van der Waals surface area contributed by atoms with Crippen molar-refractivity contribution in [2.75, 3.05) is 11.1 Å². The third kappa shape index (κ3) is 4.34. The van der Waals surface area contributed by atoms with Crippen LogP contribution in [0.15, 0.2) is 42.5 Å². The minimum atomic E-state index is -2.88. The molecule has 2 fully saturated rings. The number of halogens is 2. The molecular weight excluding hydrogens is 428 g/mol. The minimum absolute atomic E-state index is 0.0822. The first-order valence-corrected chi connectivity index (χ1v) is 11.4. The number of amides is 1. The molecule has 33 heavy (non-hydrogen) atoms. The van der Waals surface area contributed by atoms with Crippen molar-refractivity contribution in [3.63, 3.8) is 0 Å². The van der Waals surface area contributed by atoms with E-state index in [2.05, 4.69) is 14.6 Å². The van der Waals surface area contributed by atoms with Gasteiger partial charge < -0.3 is 19.8 Å². The van der Waals surface area contributed by atoms with Gasteiger partial charge in [-0.1, -0.05) is 12.1 Å². The van der Waals surface area contributed by atoms with Crippen LogP contribution in [0.2, 0.25) is 0 Å². The van der Waals surface area contributed by atoms with E-state index in [0.717, 1.165) is 54.3 Å². The van der Waals surface area contributed by atoms with Crippen LogP contribution in [0.5, 0.6) is 5.75 Å². The molecule has 0 saturated heterocycles. The SMILES string of the molecule is C[C@@H](OC(=O)Nc1ccc(-c2c(N)c3ccc(OC(F)F)cc3n2C2CCC2)cc1)C1CC1. The summed E-state index contributed by atoms with van der Waals surface area (Å²) in [6.45, 7) is -0.967. The number of benzene rings is 2. The normalized spacial score (nSPS) is 17.1. The van der Waals surface area contributed by atoms with Crippen molar-refractivity contribution in [1.82, 2.24) is 4.57 Å². The number of alkyl halides is 2. The molecule has 8 heteroatoms. The Morgan fingerprint density at radius 2 is 1.85 bits per heavy atom. The van der Waals surface area contributed by atoms with Crippen molar-refractivity contribution in [3.05, 3.63) is 42.5 Å². The van der Waals surface area contributed by atoms with Crippen LogP contribution in [-0.2, 0) is 4.74 Å².